The zero-order valence-electron chi connectivity index (χ0n) is 6.50. The number of aliphatic hydroxyl groups excluding tert-OH is 1. The number of carboxylic acid groups (broad SMARTS) is 1. The molecule has 11 heavy (non-hydrogen) atoms. The van der Waals surface area contributed by atoms with Crippen LogP contribution in [0, 0.1) is 5.41 Å². The van der Waals surface area contributed by atoms with Crippen LogP contribution >= 0.6 is 0 Å². The lowest BCUT2D eigenvalue weighted by molar-refractivity contribution is -0.154. The SMILES string of the molecule is CC(O)CC1(C(=O)O)CNC1. The Balaban J connectivity index is 2.54. The smallest absolute Gasteiger partial charge is 0.312 e. The van der Waals surface area contributed by atoms with Gasteiger partial charge in [-0.05, 0) is 13.3 Å². The lowest BCUT2D eigenvalue weighted by Gasteiger charge is -2.39. The zero-order valence-corrected chi connectivity index (χ0v) is 6.50. The van der Waals surface area contributed by atoms with Gasteiger partial charge in [-0.15, -0.1) is 0 Å². The quantitative estimate of drug-likeness (QED) is 0.516. The van der Waals surface area contributed by atoms with Crippen molar-refractivity contribution in [3.63, 3.8) is 0 Å². The molecular weight excluding hydrogens is 146 g/mol. The van der Waals surface area contributed by atoms with E-state index in [9.17, 15) is 4.79 Å². The third-order valence-electron chi connectivity index (χ3n) is 2.07. The Morgan fingerprint density at radius 3 is 2.36 bits per heavy atom. The number of hydrogen-bond acceptors (Lipinski definition) is 3. The lowest BCUT2D eigenvalue weighted by Crippen LogP contribution is -2.59. The van der Waals surface area contributed by atoms with Crippen LogP contribution in [0.5, 0.6) is 0 Å². The summed E-state index contributed by atoms with van der Waals surface area (Å²) in [6, 6.07) is 0. The molecule has 0 aromatic rings. The number of aliphatic carboxylic acids is 1. The Kier molecular flexibility index (Phi) is 2.15. The van der Waals surface area contributed by atoms with Crippen LogP contribution in [0.3, 0.4) is 0 Å². The fourth-order valence-electron chi connectivity index (χ4n) is 1.38. The lowest BCUT2D eigenvalue weighted by atomic mass is 9.77. The van der Waals surface area contributed by atoms with Gasteiger partial charge in [0.1, 0.15) is 0 Å². The van der Waals surface area contributed by atoms with Crippen LogP contribution in [0.25, 0.3) is 0 Å². The normalized spacial score (nSPS) is 23.8. The van der Waals surface area contributed by atoms with Crippen molar-refractivity contribution >= 4 is 5.97 Å². The number of hydrogen-bond donors (Lipinski definition) is 3. The van der Waals surface area contributed by atoms with E-state index in [0.717, 1.165) is 0 Å². The van der Waals surface area contributed by atoms with Crippen molar-refractivity contribution < 1.29 is 15.0 Å². The molecule has 0 aromatic carbocycles. The van der Waals surface area contributed by atoms with Crippen LogP contribution in [0.2, 0.25) is 0 Å². The first-order valence-electron chi connectivity index (χ1n) is 3.69. The molecular formula is C7H13NO3. The van der Waals surface area contributed by atoms with Crippen LogP contribution in [0.4, 0.5) is 0 Å². The molecule has 1 heterocycles. The maximum Gasteiger partial charge on any atom is 0.312 e. The van der Waals surface area contributed by atoms with Crippen molar-refractivity contribution in [2.24, 2.45) is 5.41 Å². The Morgan fingerprint density at radius 2 is 2.27 bits per heavy atom. The van der Waals surface area contributed by atoms with Crippen molar-refractivity contribution in [3.8, 4) is 0 Å². The summed E-state index contributed by atoms with van der Waals surface area (Å²) >= 11 is 0. The minimum atomic E-state index is -0.808. The van der Waals surface area contributed by atoms with Crippen LogP contribution < -0.4 is 5.32 Å². The Bertz CT molecular complexity index is 163. The van der Waals surface area contributed by atoms with Gasteiger partial charge in [-0.25, -0.2) is 0 Å². The molecule has 1 rings (SSSR count). The number of aliphatic hydroxyl groups is 1. The van der Waals surface area contributed by atoms with Crippen LogP contribution in [-0.2, 0) is 4.79 Å². The predicted molar refractivity (Wildman–Crippen MR) is 39.2 cm³/mol. The largest absolute Gasteiger partial charge is 0.481 e. The fourth-order valence-corrected chi connectivity index (χ4v) is 1.38. The van der Waals surface area contributed by atoms with Gasteiger partial charge < -0.3 is 15.5 Å². The van der Waals surface area contributed by atoms with E-state index in [2.05, 4.69) is 5.32 Å². The summed E-state index contributed by atoms with van der Waals surface area (Å²) in [7, 11) is 0. The van der Waals surface area contributed by atoms with Crippen molar-refractivity contribution in [3.05, 3.63) is 0 Å². The minimum Gasteiger partial charge on any atom is -0.481 e. The molecule has 1 aliphatic heterocycles. The summed E-state index contributed by atoms with van der Waals surface area (Å²) in [5, 5.41) is 20.7. The molecule has 0 amide bonds. The number of nitrogens with one attached hydrogen (secondary N) is 1. The molecule has 4 nitrogen and oxygen atoms in total. The molecule has 64 valence electrons. The van der Waals surface area contributed by atoms with Gasteiger partial charge in [-0.1, -0.05) is 0 Å². The predicted octanol–water partition coefficient (Wildman–Crippen LogP) is -0.568. The summed E-state index contributed by atoms with van der Waals surface area (Å²) in [6.45, 7) is 2.57. The molecule has 0 aromatic heterocycles. The molecule has 3 N–H and O–H groups in total. The first-order chi connectivity index (χ1) is 5.07. The zero-order chi connectivity index (χ0) is 8.48. The van der Waals surface area contributed by atoms with Crippen LogP contribution in [0.1, 0.15) is 13.3 Å². The second-order valence-corrected chi connectivity index (χ2v) is 3.24. The topological polar surface area (TPSA) is 69.6 Å². The highest BCUT2D eigenvalue weighted by atomic mass is 16.4. The van der Waals surface area contributed by atoms with Gasteiger partial charge in [0.15, 0.2) is 0 Å². The van der Waals surface area contributed by atoms with E-state index in [0.29, 0.717) is 19.5 Å². The average Bonchev–Trinajstić information content (AvgIpc) is 1.77. The number of rotatable bonds is 3. The molecule has 1 fully saturated rings. The first kappa shape index (κ1) is 8.49. The van der Waals surface area contributed by atoms with Crippen molar-refractivity contribution in [2.75, 3.05) is 13.1 Å². The van der Waals surface area contributed by atoms with Crippen LogP contribution in [0.15, 0.2) is 0 Å². The van der Waals surface area contributed by atoms with E-state index < -0.39 is 17.5 Å². The molecule has 0 bridgehead atoms. The molecule has 4 heteroatoms. The molecule has 1 aliphatic rings. The molecule has 1 unspecified atom stereocenters. The summed E-state index contributed by atoms with van der Waals surface area (Å²) in [5.74, 6) is -0.808. The van der Waals surface area contributed by atoms with Crippen molar-refractivity contribution in [1.82, 2.24) is 5.32 Å². The molecule has 0 spiro atoms. The molecule has 0 saturated carbocycles. The third-order valence-corrected chi connectivity index (χ3v) is 2.07. The molecule has 0 aliphatic carbocycles. The first-order valence-corrected chi connectivity index (χ1v) is 3.69. The van der Waals surface area contributed by atoms with E-state index in [-0.39, 0.29) is 0 Å². The average molecular weight is 159 g/mol. The molecule has 0 radical (unpaired) electrons. The standard InChI is InChI=1S/C7H13NO3/c1-5(9)2-7(6(10)11)3-8-4-7/h5,8-9H,2-4H2,1H3,(H,10,11). The van der Waals surface area contributed by atoms with Crippen LogP contribution in [-0.4, -0.2) is 35.4 Å². The Hall–Kier alpha value is -0.610. The second kappa shape index (κ2) is 2.79. The monoisotopic (exact) mass is 159 g/mol. The molecule has 1 atom stereocenters. The Labute approximate surface area is 65.2 Å². The van der Waals surface area contributed by atoms with E-state index in [4.69, 9.17) is 10.2 Å². The maximum absolute atomic E-state index is 10.7. The van der Waals surface area contributed by atoms with E-state index in [1.54, 1.807) is 6.92 Å². The summed E-state index contributed by atoms with van der Waals surface area (Å²) < 4.78 is 0. The fraction of sp³-hybridized carbons (Fsp3) is 0.857. The van der Waals surface area contributed by atoms with Gasteiger partial charge in [0.2, 0.25) is 0 Å². The maximum atomic E-state index is 10.7. The summed E-state index contributed by atoms with van der Waals surface area (Å²) in [4.78, 5) is 10.7. The highest BCUT2D eigenvalue weighted by Gasteiger charge is 2.44. The second-order valence-electron chi connectivity index (χ2n) is 3.24. The third kappa shape index (κ3) is 1.52. The summed E-state index contributed by atoms with van der Waals surface area (Å²) in [5.41, 5.74) is -0.700. The van der Waals surface area contributed by atoms with Gasteiger partial charge >= 0.3 is 5.97 Å². The Morgan fingerprint density at radius 1 is 1.73 bits per heavy atom. The van der Waals surface area contributed by atoms with E-state index >= 15 is 0 Å². The van der Waals surface area contributed by atoms with Crippen molar-refractivity contribution in [1.29, 1.82) is 0 Å². The highest BCUT2D eigenvalue weighted by molar-refractivity contribution is 5.76. The highest BCUT2D eigenvalue weighted by Crippen LogP contribution is 2.28. The summed E-state index contributed by atoms with van der Waals surface area (Å²) in [6.07, 6.45) is -0.191. The van der Waals surface area contributed by atoms with E-state index in [1.165, 1.54) is 0 Å². The molecule has 1 saturated heterocycles. The van der Waals surface area contributed by atoms with Crippen molar-refractivity contribution in [2.45, 2.75) is 19.4 Å². The van der Waals surface area contributed by atoms with Gasteiger partial charge in [0, 0.05) is 13.1 Å². The van der Waals surface area contributed by atoms with E-state index in [1.807, 2.05) is 0 Å². The van der Waals surface area contributed by atoms with Gasteiger partial charge in [-0.2, -0.15) is 0 Å². The van der Waals surface area contributed by atoms with Gasteiger partial charge in [0.05, 0.1) is 11.5 Å². The minimum absolute atomic E-state index is 0.343. The van der Waals surface area contributed by atoms with Gasteiger partial charge in [0.25, 0.3) is 0 Å². The number of carbonyl (C=O) groups is 1. The van der Waals surface area contributed by atoms with Gasteiger partial charge in [-0.3, -0.25) is 4.79 Å². The number of carboxylic acids is 1.